The summed E-state index contributed by atoms with van der Waals surface area (Å²) in [7, 11) is 0. The van der Waals surface area contributed by atoms with E-state index in [-0.39, 0.29) is 0 Å². The first-order valence-corrected chi connectivity index (χ1v) is 5.09. The topological polar surface area (TPSA) is 20.2 Å². The minimum atomic E-state index is 0.424. The van der Waals surface area contributed by atoms with E-state index in [4.69, 9.17) is 0 Å². The molecular weight excluding hydrogens is 172 g/mol. The molecule has 0 saturated heterocycles. The molecule has 14 heavy (non-hydrogen) atoms. The number of aryl methyl sites for hydroxylation is 2. The van der Waals surface area contributed by atoms with Gasteiger partial charge in [-0.1, -0.05) is 31.2 Å². The highest BCUT2D eigenvalue weighted by atomic mass is 16.3. The molecule has 0 aromatic heterocycles. The zero-order valence-electron chi connectivity index (χ0n) is 9.17. The molecule has 0 saturated carbocycles. The summed E-state index contributed by atoms with van der Waals surface area (Å²) < 4.78 is 0. The maximum Gasteiger partial charge on any atom is 0.121 e. The molecule has 0 spiro atoms. The lowest BCUT2D eigenvalue weighted by Gasteiger charge is -2.05. The molecule has 0 amide bonds. The Hall–Kier alpha value is -1.24. The van der Waals surface area contributed by atoms with Crippen LogP contribution in [-0.4, -0.2) is 5.11 Å². The molecule has 0 heterocycles. The van der Waals surface area contributed by atoms with Crippen molar-refractivity contribution < 1.29 is 5.11 Å². The molecule has 0 radical (unpaired) electrons. The van der Waals surface area contributed by atoms with Gasteiger partial charge in [-0.25, -0.2) is 0 Å². The molecular formula is C13H18O. The summed E-state index contributed by atoms with van der Waals surface area (Å²) in [4.78, 5) is 0. The van der Waals surface area contributed by atoms with Crippen molar-refractivity contribution in [3.05, 3.63) is 41.0 Å². The minimum absolute atomic E-state index is 0.424. The van der Waals surface area contributed by atoms with Gasteiger partial charge < -0.3 is 5.11 Å². The number of benzene rings is 1. The SMILES string of the molecule is CC/C=C/Cc1cc(C)c(O)c(C)c1. The molecule has 1 nitrogen and oxygen atoms in total. The van der Waals surface area contributed by atoms with E-state index in [0.717, 1.165) is 24.0 Å². The van der Waals surface area contributed by atoms with E-state index in [9.17, 15) is 5.11 Å². The van der Waals surface area contributed by atoms with Crippen molar-refractivity contribution in [1.29, 1.82) is 0 Å². The number of aromatic hydroxyl groups is 1. The first kappa shape index (κ1) is 10.8. The van der Waals surface area contributed by atoms with E-state index in [2.05, 4.69) is 19.1 Å². The first-order valence-electron chi connectivity index (χ1n) is 5.09. The fourth-order valence-corrected chi connectivity index (χ4v) is 1.55. The standard InChI is InChI=1S/C13H18O/c1-4-5-6-7-12-8-10(2)13(14)11(3)9-12/h5-6,8-9,14H,4,7H2,1-3H3/b6-5+. The molecule has 0 aliphatic rings. The number of phenols is 1. The molecule has 0 fully saturated rings. The third-order valence-corrected chi connectivity index (χ3v) is 2.31. The second-order valence-electron chi connectivity index (χ2n) is 3.66. The van der Waals surface area contributed by atoms with Gasteiger partial charge in [0.15, 0.2) is 0 Å². The van der Waals surface area contributed by atoms with Gasteiger partial charge in [0.1, 0.15) is 5.75 Å². The fraction of sp³-hybridized carbons (Fsp3) is 0.385. The summed E-state index contributed by atoms with van der Waals surface area (Å²) in [5.41, 5.74) is 3.19. The maximum atomic E-state index is 9.58. The van der Waals surface area contributed by atoms with Crippen LogP contribution in [0, 0.1) is 13.8 Å². The third kappa shape index (κ3) is 2.63. The Bertz CT molecular complexity index is 314. The van der Waals surface area contributed by atoms with Gasteiger partial charge in [-0.05, 0) is 43.4 Å². The molecule has 0 aliphatic heterocycles. The Balaban J connectivity index is 2.84. The summed E-state index contributed by atoms with van der Waals surface area (Å²) >= 11 is 0. The quantitative estimate of drug-likeness (QED) is 0.723. The predicted octanol–water partition coefficient (Wildman–Crippen LogP) is 3.52. The minimum Gasteiger partial charge on any atom is -0.507 e. The van der Waals surface area contributed by atoms with E-state index in [1.54, 1.807) is 0 Å². The third-order valence-electron chi connectivity index (χ3n) is 2.31. The lowest BCUT2D eigenvalue weighted by atomic mass is 10.0. The molecule has 1 aromatic rings. The lowest BCUT2D eigenvalue weighted by Crippen LogP contribution is -1.87. The first-order chi connectivity index (χ1) is 6.65. The summed E-state index contributed by atoms with van der Waals surface area (Å²) in [6, 6.07) is 4.09. The van der Waals surface area contributed by atoms with Crippen molar-refractivity contribution >= 4 is 0 Å². The number of allylic oxidation sites excluding steroid dienone is 2. The Kier molecular flexibility index (Phi) is 3.75. The van der Waals surface area contributed by atoms with Crippen molar-refractivity contribution in [2.75, 3.05) is 0 Å². The summed E-state index contributed by atoms with van der Waals surface area (Å²) in [6.45, 7) is 6.01. The van der Waals surface area contributed by atoms with Crippen LogP contribution >= 0.6 is 0 Å². The number of rotatable bonds is 3. The van der Waals surface area contributed by atoms with Crippen molar-refractivity contribution in [2.24, 2.45) is 0 Å². The molecule has 76 valence electrons. The second kappa shape index (κ2) is 4.85. The van der Waals surface area contributed by atoms with Gasteiger partial charge in [0.05, 0.1) is 0 Å². The van der Waals surface area contributed by atoms with E-state index in [0.29, 0.717) is 5.75 Å². The Morgan fingerprint density at radius 3 is 2.21 bits per heavy atom. The number of phenolic OH excluding ortho intramolecular Hbond substituents is 1. The molecule has 0 unspecified atom stereocenters. The van der Waals surface area contributed by atoms with Crippen molar-refractivity contribution in [2.45, 2.75) is 33.6 Å². The van der Waals surface area contributed by atoms with E-state index in [1.807, 2.05) is 26.0 Å². The van der Waals surface area contributed by atoms with E-state index < -0.39 is 0 Å². The molecule has 0 atom stereocenters. The van der Waals surface area contributed by atoms with Gasteiger partial charge in [-0.3, -0.25) is 0 Å². The predicted molar refractivity (Wildman–Crippen MR) is 60.7 cm³/mol. The van der Waals surface area contributed by atoms with Gasteiger partial charge >= 0.3 is 0 Å². The van der Waals surface area contributed by atoms with E-state index >= 15 is 0 Å². The van der Waals surface area contributed by atoms with Gasteiger partial charge in [0.2, 0.25) is 0 Å². The van der Waals surface area contributed by atoms with Crippen LogP contribution < -0.4 is 0 Å². The fourth-order valence-electron chi connectivity index (χ4n) is 1.55. The Morgan fingerprint density at radius 2 is 1.71 bits per heavy atom. The van der Waals surface area contributed by atoms with Crippen LogP contribution in [0.4, 0.5) is 0 Å². The highest BCUT2D eigenvalue weighted by Gasteiger charge is 2.01. The largest absolute Gasteiger partial charge is 0.507 e. The van der Waals surface area contributed by atoms with Crippen molar-refractivity contribution in [3.8, 4) is 5.75 Å². The summed E-state index contributed by atoms with van der Waals surface area (Å²) in [5.74, 6) is 0.424. The summed E-state index contributed by atoms with van der Waals surface area (Å²) in [5, 5.41) is 9.58. The van der Waals surface area contributed by atoms with Crippen LogP contribution in [-0.2, 0) is 6.42 Å². The highest BCUT2D eigenvalue weighted by molar-refractivity contribution is 5.42. The summed E-state index contributed by atoms with van der Waals surface area (Å²) in [6.07, 6.45) is 6.37. The monoisotopic (exact) mass is 190 g/mol. The number of hydrogen-bond acceptors (Lipinski definition) is 1. The molecule has 0 aliphatic carbocycles. The average molecular weight is 190 g/mol. The van der Waals surface area contributed by atoms with Crippen LogP contribution in [0.25, 0.3) is 0 Å². The van der Waals surface area contributed by atoms with Gasteiger partial charge in [0, 0.05) is 0 Å². The maximum absolute atomic E-state index is 9.58. The normalized spacial score (nSPS) is 11.1. The lowest BCUT2D eigenvalue weighted by molar-refractivity contribution is 0.466. The van der Waals surface area contributed by atoms with Crippen LogP contribution in [0.2, 0.25) is 0 Å². The Labute approximate surface area is 86.1 Å². The van der Waals surface area contributed by atoms with Gasteiger partial charge in [-0.2, -0.15) is 0 Å². The average Bonchev–Trinajstić information content (AvgIpc) is 2.14. The zero-order chi connectivity index (χ0) is 10.6. The van der Waals surface area contributed by atoms with Crippen molar-refractivity contribution in [3.63, 3.8) is 0 Å². The molecule has 1 N–H and O–H groups in total. The highest BCUT2D eigenvalue weighted by Crippen LogP contribution is 2.23. The van der Waals surface area contributed by atoms with Gasteiger partial charge in [-0.15, -0.1) is 0 Å². The van der Waals surface area contributed by atoms with Crippen LogP contribution in [0.3, 0.4) is 0 Å². The van der Waals surface area contributed by atoms with Crippen molar-refractivity contribution in [1.82, 2.24) is 0 Å². The van der Waals surface area contributed by atoms with Crippen LogP contribution in [0.15, 0.2) is 24.3 Å². The van der Waals surface area contributed by atoms with Gasteiger partial charge in [0.25, 0.3) is 0 Å². The molecule has 1 aromatic carbocycles. The number of hydrogen-bond donors (Lipinski definition) is 1. The van der Waals surface area contributed by atoms with Crippen LogP contribution in [0.1, 0.15) is 30.0 Å². The smallest absolute Gasteiger partial charge is 0.121 e. The zero-order valence-corrected chi connectivity index (χ0v) is 9.17. The molecule has 1 rings (SSSR count). The Morgan fingerprint density at radius 1 is 1.14 bits per heavy atom. The van der Waals surface area contributed by atoms with Crippen LogP contribution in [0.5, 0.6) is 5.75 Å². The van der Waals surface area contributed by atoms with E-state index in [1.165, 1.54) is 5.56 Å². The second-order valence-corrected chi connectivity index (χ2v) is 3.66. The molecule has 1 heteroatoms. The molecule has 0 bridgehead atoms.